The largest absolute Gasteiger partial charge is 0.416 e. The number of aliphatic hydroxyl groups excluding tert-OH is 1. The minimum Gasteiger partial charge on any atom is -0.398 e. The van der Waals surface area contributed by atoms with E-state index < -0.39 is 29.4 Å². The topological polar surface area (TPSA) is 88.8 Å². The second-order valence-corrected chi connectivity index (χ2v) is 14.3. The minimum absolute atomic E-state index is 0.0210. The normalized spacial score (nSPS) is 14.7. The van der Waals surface area contributed by atoms with Gasteiger partial charge in [-0.25, -0.2) is 8.70 Å². The Bertz CT molecular complexity index is 2330. The Balaban J connectivity index is 0.000000386. The molecule has 1 amide bonds. The van der Waals surface area contributed by atoms with Gasteiger partial charge in [-0.05, 0) is 94.9 Å². The molecular formula is C40H31Cl2F4N5O2S. The third-order valence-electron chi connectivity index (χ3n) is 9.05. The van der Waals surface area contributed by atoms with Gasteiger partial charge >= 0.3 is 6.18 Å². The average Bonchev–Trinajstić information content (AvgIpc) is 3.92. The van der Waals surface area contributed by atoms with Crippen LogP contribution >= 0.6 is 35.1 Å². The maximum atomic E-state index is 14.4. The molecule has 0 fully saturated rings. The van der Waals surface area contributed by atoms with Gasteiger partial charge in [0.15, 0.2) is 6.10 Å². The van der Waals surface area contributed by atoms with Crippen molar-refractivity contribution in [3.05, 3.63) is 160 Å². The Morgan fingerprint density at radius 1 is 0.889 bits per heavy atom. The lowest BCUT2D eigenvalue weighted by Crippen LogP contribution is -2.54. The van der Waals surface area contributed by atoms with Crippen LogP contribution in [0.2, 0.25) is 10.0 Å². The van der Waals surface area contributed by atoms with Gasteiger partial charge in [-0.3, -0.25) is 9.80 Å². The number of halogens is 6. The molecule has 14 heteroatoms. The first-order valence-electron chi connectivity index (χ1n) is 16.6. The van der Waals surface area contributed by atoms with E-state index in [-0.39, 0.29) is 22.2 Å². The molecule has 0 bridgehead atoms. The molecular weight excluding hydrogens is 761 g/mol. The summed E-state index contributed by atoms with van der Waals surface area (Å²) < 4.78 is 57.8. The van der Waals surface area contributed by atoms with Gasteiger partial charge in [-0.2, -0.15) is 18.2 Å². The van der Waals surface area contributed by atoms with E-state index in [1.54, 1.807) is 24.3 Å². The molecule has 1 aliphatic heterocycles. The number of hydrogen-bond acceptors (Lipinski definition) is 6. The first-order valence-corrected chi connectivity index (χ1v) is 18.2. The van der Waals surface area contributed by atoms with E-state index in [1.165, 1.54) is 52.6 Å². The Labute approximate surface area is 322 Å². The van der Waals surface area contributed by atoms with Gasteiger partial charge in [0.25, 0.3) is 5.91 Å². The minimum atomic E-state index is -5.06. The molecule has 1 aliphatic carbocycles. The zero-order valence-corrected chi connectivity index (χ0v) is 30.5. The van der Waals surface area contributed by atoms with Gasteiger partial charge in [0.2, 0.25) is 0 Å². The van der Waals surface area contributed by atoms with Crippen molar-refractivity contribution < 1.29 is 27.5 Å². The number of alkyl halides is 3. The number of hydrogen-bond donors (Lipinski definition) is 3. The molecule has 0 spiro atoms. The molecule has 276 valence electrons. The van der Waals surface area contributed by atoms with Crippen molar-refractivity contribution in [3.63, 3.8) is 0 Å². The molecule has 54 heavy (non-hydrogen) atoms. The van der Waals surface area contributed by atoms with Crippen LogP contribution in [0.3, 0.4) is 0 Å². The number of benzene rings is 5. The molecule has 7 nitrogen and oxygen atoms in total. The lowest BCUT2D eigenvalue weighted by Gasteiger charge is -2.40. The Morgan fingerprint density at radius 3 is 2.30 bits per heavy atom. The molecule has 2 heterocycles. The lowest BCUT2D eigenvalue weighted by molar-refractivity contribution is -0.211. The number of hydrazine groups is 1. The molecule has 0 saturated heterocycles. The van der Waals surface area contributed by atoms with Crippen molar-refractivity contribution in [2.45, 2.75) is 24.1 Å². The number of nitrogens with two attached hydrogens (primary N) is 1. The number of rotatable bonds is 7. The zero-order chi connectivity index (χ0) is 38.1. The summed E-state index contributed by atoms with van der Waals surface area (Å²) in [6, 6.07) is 30.5. The summed E-state index contributed by atoms with van der Waals surface area (Å²) in [6.45, 7) is -0.0323. The third-order valence-corrected chi connectivity index (χ3v) is 11.0. The van der Waals surface area contributed by atoms with E-state index in [2.05, 4.69) is 4.98 Å². The maximum Gasteiger partial charge on any atom is 0.416 e. The Kier molecular flexibility index (Phi) is 10.7. The summed E-state index contributed by atoms with van der Waals surface area (Å²) in [5.74, 6) is -1.27. The summed E-state index contributed by atoms with van der Waals surface area (Å²) in [4.78, 5) is 17.4. The molecule has 4 N–H and O–H groups in total. The van der Waals surface area contributed by atoms with Crippen LogP contribution < -0.4 is 15.0 Å². The molecule has 2 atom stereocenters. The number of amides is 1. The van der Waals surface area contributed by atoms with Crippen molar-refractivity contribution in [3.8, 4) is 11.1 Å². The van der Waals surface area contributed by atoms with E-state index in [4.69, 9.17) is 28.9 Å². The fourth-order valence-electron chi connectivity index (χ4n) is 6.49. The van der Waals surface area contributed by atoms with Crippen LogP contribution in [0.25, 0.3) is 22.0 Å². The highest BCUT2D eigenvalue weighted by Gasteiger charge is 2.49. The van der Waals surface area contributed by atoms with Crippen LogP contribution in [0.5, 0.6) is 0 Å². The number of nitrogen functional groups attached to an aromatic ring is 1. The number of anilines is 3. The van der Waals surface area contributed by atoms with Gasteiger partial charge in [-0.15, -0.1) is 0 Å². The van der Waals surface area contributed by atoms with Crippen molar-refractivity contribution >= 4 is 69.0 Å². The van der Waals surface area contributed by atoms with E-state index in [0.717, 1.165) is 43.1 Å². The van der Waals surface area contributed by atoms with E-state index >= 15 is 0 Å². The first-order chi connectivity index (χ1) is 25.9. The number of nitrogens with zero attached hydrogens (tertiary/aromatic N) is 3. The summed E-state index contributed by atoms with van der Waals surface area (Å²) in [5, 5.41) is 12.8. The van der Waals surface area contributed by atoms with E-state index in [9.17, 15) is 27.5 Å². The second-order valence-electron chi connectivity index (χ2n) is 12.4. The first kappa shape index (κ1) is 37.3. The zero-order valence-electron chi connectivity index (χ0n) is 28.1. The number of aliphatic hydroxyl groups is 1. The number of aromatic nitrogens is 1. The fraction of sp³-hybridized carbons (Fsp3) is 0.125. The molecule has 8 rings (SSSR count). The quantitative estimate of drug-likeness (QED) is 0.0847. The molecule has 2 aliphatic rings. The van der Waals surface area contributed by atoms with Crippen molar-refractivity contribution in [2.24, 2.45) is 0 Å². The Morgan fingerprint density at radius 2 is 1.57 bits per heavy atom. The van der Waals surface area contributed by atoms with Gasteiger partial charge in [0.05, 0.1) is 27.0 Å². The van der Waals surface area contributed by atoms with Crippen molar-refractivity contribution in [1.82, 2.24) is 9.99 Å². The highest BCUT2D eigenvalue weighted by molar-refractivity contribution is 8.02. The molecule has 2 unspecified atom stereocenters. The number of carbonyl (C=O) groups excluding carboxylic acids is 1. The third kappa shape index (κ3) is 7.40. The number of nitrogens with one attached hydrogen (secondary N) is 1. The molecule has 1 aromatic heterocycles. The monoisotopic (exact) mass is 791 g/mol. The molecule has 6 aromatic rings. The van der Waals surface area contributed by atoms with Crippen LogP contribution in [-0.2, 0) is 6.42 Å². The Hall–Kier alpha value is -4.98. The number of aromatic amines is 1. The molecule has 0 saturated carbocycles. The summed E-state index contributed by atoms with van der Waals surface area (Å²) >= 11 is 13.4. The number of fused-ring (bicyclic) bond motifs is 4. The van der Waals surface area contributed by atoms with Crippen LogP contribution in [0.4, 0.5) is 34.6 Å². The maximum absolute atomic E-state index is 14.4. The predicted octanol–water partition coefficient (Wildman–Crippen LogP) is 10.2. The van der Waals surface area contributed by atoms with Crippen LogP contribution in [0, 0.1) is 5.82 Å². The number of carbonyl (C=O) groups is 1. The fourth-order valence-corrected chi connectivity index (χ4v) is 8.30. The van der Waals surface area contributed by atoms with Gasteiger partial charge < -0.3 is 15.8 Å². The summed E-state index contributed by atoms with van der Waals surface area (Å²) in [6.07, 6.45) is -2.50. The highest BCUT2D eigenvalue weighted by atomic mass is 35.5. The van der Waals surface area contributed by atoms with Gasteiger partial charge in [0, 0.05) is 42.0 Å². The van der Waals surface area contributed by atoms with Crippen LogP contribution in [0.15, 0.2) is 128 Å². The van der Waals surface area contributed by atoms with E-state index in [1.807, 2.05) is 60.8 Å². The summed E-state index contributed by atoms with van der Waals surface area (Å²) in [7, 11) is 0. The second kappa shape index (κ2) is 15.4. The predicted molar refractivity (Wildman–Crippen MR) is 209 cm³/mol. The van der Waals surface area contributed by atoms with Crippen molar-refractivity contribution in [1.29, 1.82) is 0 Å². The lowest BCUT2D eigenvalue weighted by atomic mass is 10.0. The van der Waals surface area contributed by atoms with Crippen molar-refractivity contribution in [2.75, 3.05) is 21.6 Å². The van der Waals surface area contributed by atoms with Gasteiger partial charge in [0.1, 0.15) is 11.2 Å². The SMILES string of the molecule is Nc1cccc2[nH]ccc12.O=C(c1c(Cl)cccc1Cl)N(SC(C(O)C(F)(F)F)N1CC=CN1c1ccc(F)cc1)c1cccc2c1Cc1ccccc1-2. The average molecular weight is 793 g/mol. The number of H-pyrrole nitrogens is 1. The van der Waals surface area contributed by atoms with Crippen LogP contribution in [0.1, 0.15) is 21.5 Å². The standard InChI is InChI=1S/C32H23Cl2F4N3O2S.C8H8N2/c33-25-9-4-10-26(34)28(25)30(43)41(27-11-3-8-23-22-7-2-1-6-19(22)18-24(23)27)44-31(29(42)32(36,37)38)40-17-5-16-39(40)21-14-12-20(35)13-15-21;9-7-2-1-3-8-6(7)4-5-10-8/h1-16,29,31,42H,17-18H2;1-5,10H,9H2. The smallest absolute Gasteiger partial charge is 0.398 e. The van der Waals surface area contributed by atoms with Crippen LogP contribution in [-0.4, -0.2) is 45.2 Å². The molecule has 5 aromatic carbocycles. The van der Waals surface area contributed by atoms with Gasteiger partial charge in [-0.1, -0.05) is 77.8 Å². The highest BCUT2D eigenvalue weighted by Crippen LogP contribution is 2.46. The summed E-state index contributed by atoms with van der Waals surface area (Å²) in [5.41, 5.74) is 11.7. The van der Waals surface area contributed by atoms with E-state index in [0.29, 0.717) is 29.7 Å². The molecule has 0 radical (unpaired) electrons.